The van der Waals surface area contributed by atoms with Gasteiger partial charge in [-0.15, -0.1) is 0 Å². The number of hydrogen-bond donors (Lipinski definition) is 0. The van der Waals surface area contributed by atoms with E-state index in [1.54, 1.807) is 25.1 Å². The third-order valence-electron chi connectivity index (χ3n) is 6.30. The molecule has 2 saturated heterocycles. The van der Waals surface area contributed by atoms with Crippen LogP contribution in [0.2, 0.25) is 0 Å². The number of aromatic nitrogens is 1. The molecule has 0 N–H and O–H groups in total. The van der Waals surface area contributed by atoms with Crippen LogP contribution in [0.3, 0.4) is 0 Å². The molecule has 0 radical (unpaired) electrons. The fraction of sp³-hybridized carbons (Fsp3) is 0.478. The summed E-state index contributed by atoms with van der Waals surface area (Å²) in [4.78, 5) is 17.0. The summed E-state index contributed by atoms with van der Waals surface area (Å²) >= 11 is 0. The molecule has 8 nitrogen and oxygen atoms in total. The predicted octanol–water partition coefficient (Wildman–Crippen LogP) is 2.47. The van der Waals surface area contributed by atoms with Crippen LogP contribution in [0.25, 0.3) is 12.2 Å². The summed E-state index contributed by atoms with van der Waals surface area (Å²) in [6.07, 6.45) is 4.15. The van der Waals surface area contributed by atoms with Gasteiger partial charge in [0.25, 0.3) is 0 Å². The van der Waals surface area contributed by atoms with E-state index in [2.05, 4.69) is 10.1 Å². The zero-order valence-corrected chi connectivity index (χ0v) is 19.7. The van der Waals surface area contributed by atoms with Gasteiger partial charge >= 0.3 is 0 Å². The Balaban J connectivity index is 1.54. The van der Waals surface area contributed by atoms with Gasteiger partial charge in [-0.3, -0.25) is 4.79 Å². The van der Waals surface area contributed by atoms with Crippen LogP contribution in [0.4, 0.5) is 4.39 Å². The SMILES string of the molecule is Cc1noc(/C=C/c2ccccc2F)c1S(=O)(=O)N1CCC[C@@H](C(=O)N2CCN(C)CC2)C1. The zero-order valence-electron chi connectivity index (χ0n) is 18.9. The van der Waals surface area contributed by atoms with E-state index >= 15 is 0 Å². The van der Waals surface area contributed by atoms with Gasteiger partial charge in [-0.05, 0) is 45.0 Å². The fourth-order valence-electron chi connectivity index (χ4n) is 4.35. The first-order chi connectivity index (χ1) is 15.8. The first kappa shape index (κ1) is 23.6. The Morgan fingerprint density at radius 1 is 1.15 bits per heavy atom. The van der Waals surface area contributed by atoms with Crippen molar-refractivity contribution in [2.24, 2.45) is 5.92 Å². The minimum Gasteiger partial charge on any atom is -0.355 e. The lowest BCUT2D eigenvalue weighted by atomic mass is 9.98. The third-order valence-corrected chi connectivity index (χ3v) is 8.32. The number of benzene rings is 1. The largest absolute Gasteiger partial charge is 0.355 e. The van der Waals surface area contributed by atoms with E-state index in [1.165, 1.54) is 22.5 Å². The monoisotopic (exact) mass is 476 g/mol. The topological polar surface area (TPSA) is 87.0 Å². The Labute approximate surface area is 193 Å². The van der Waals surface area contributed by atoms with Crippen molar-refractivity contribution >= 4 is 28.1 Å². The second kappa shape index (κ2) is 9.74. The molecule has 33 heavy (non-hydrogen) atoms. The van der Waals surface area contributed by atoms with Crippen LogP contribution in [0.1, 0.15) is 29.9 Å². The molecule has 10 heteroatoms. The number of halogens is 1. The van der Waals surface area contributed by atoms with Crippen molar-refractivity contribution in [3.05, 3.63) is 47.1 Å². The van der Waals surface area contributed by atoms with Crippen LogP contribution < -0.4 is 0 Å². The standard InChI is InChI=1S/C23H29FN4O4S/c1-17-22(21(32-25-17)10-9-18-6-3-4-8-20(18)24)33(30,31)28-11-5-7-19(16-28)23(29)27-14-12-26(2)13-15-27/h3-4,6,8-10,19H,5,7,11-16H2,1-2H3/b10-9+/t19-/m1/s1. The normalized spacial score (nSPS) is 21.1. The maximum Gasteiger partial charge on any atom is 0.248 e. The van der Waals surface area contributed by atoms with Gasteiger partial charge in [0.05, 0.1) is 5.92 Å². The van der Waals surface area contributed by atoms with Gasteiger partial charge in [0.1, 0.15) is 11.5 Å². The molecule has 1 atom stereocenters. The van der Waals surface area contributed by atoms with E-state index in [4.69, 9.17) is 4.52 Å². The number of sulfonamides is 1. The lowest BCUT2D eigenvalue weighted by Crippen LogP contribution is -2.52. The van der Waals surface area contributed by atoms with E-state index in [0.717, 1.165) is 13.1 Å². The number of rotatable bonds is 5. The van der Waals surface area contributed by atoms with Gasteiger partial charge in [0, 0.05) is 44.8 Å². The molecular formula is C23H29FN4O4S. The van der Waals surface area contributed by atoms with E-state index in [-0.39, 0.29) is 34.7 Å². The second-order valence-corrected chi connectivity index (χ2v) is 10.5. The average Bonchev–Trinajstić information content (AvgIpc) is 3.19. The first-order valence-corrected chi connectivity index (χ1v) is 12.6. The highest BCUT2D eigenvalue weighted by Gasteiger charge is 2.38. The van der Waals surface area contributed by atoms with Gasteiger partial charge in [-0.25, -0.2) is 12.8 Å². The maximum absolute atomic E-state index is 14.0. The Hall–Kier alpha value is -2.56. The molecule has 2 aliphatic heterocycles. The van der Waals surface area contributed by atoms with Crippen LogP contribution in [0.15, 0.2) is 33.7 Å². The van der Waals surface area contributed by atoms with Crippen molar-refractivity contribution in [1.82, 2.24) is 19.3 Å². The van der Waals surface area contributed by atoms with Crippen molar-refractivity contribution in [2.45, 2.75) is 24.7 Å². The molecule has 2 fully saturated rings. The summed E-state index contributed by atoms with van der Waals surface area (Å²) in [5, 5.41) is 3.84. The summed E-state index contributed by atoms with van der Waals surface area (Å²) in [5.41, 5.74) is 0.543. The van der Waals surface area contributed by atoms with E-state index < -0.39 is 15.8 Å². The molecule has 0 bridgehead atoms. The number of likely N-dealkylation sites (N-methyl/N-ethyl adjacent to an activating group) is 1. The highest BCUT2D eigenvalue weighted by Crippen LogP contribution is 2.30. The fourth-order valence-corrected chi connectivity index (χ4v) is 6.12. The van der Waals surface area contributed by atoms with Crippen molar-refractivity contribution < 1.29 is 22.1 Å². The van der Waals surface area contributed by atoms with Gasteiger partial charge in [0.15, 0.2) is 10.7 Å². The van der Waals surface area contributed by atoms with E-state index in [9.17, 15) is 17.6 Å². The third kappa shape index (κ3) is 5.02. The molecule has 2 aliphatic rings. The summed E-state index contributed by atoms with van der Waals surface area (Å²) < 4.78 is 47.7. The van der Waals surface area contributed by atoms with Crippen molar-refractivity contribution in [2.75, 3.05) is 46.3 Å². The molecule has 0 saturated carbocycles. The number of piperazine rings is 1. The van der Waals surface area contributed by atoms with Crippen molar-refractivity contribution in [3.63, 3.8) is 0 Å². The van der Waals surface area contributed by atoms with Crippen LogP contribution in [0, 0.1) is 18.7 Å². The molecule has 3 heterocycles. The minimum atomic E-state index is -3.95. The Kier molecular flexibility index (Phi) is 6.96. The van der Waals surface area contributed by atoms with Crippen molar-refractivity contribution in [1.29, 1.82) is 0 Å². The molecule has 0 aliphatic carbocycles. The van der Waals surface area contributed by atoms with E-state index in [1.807, 2.05) is 11.9 Å². The lowest BCUT2D eigenvalue weighted by Gasteiger charge is -2.37. The zero-order chi connectivity index (χ0) is 23.6. The number of nitrogens with zero attached hydrogens (tertiary/aromatic N) is 4. The van der Waals surface area contributed by atoms with Crippen LogP contribution in [0.5, 0.6) is 0 Å². The number of aryl methyl sites for hydroxylation is 1. The Morgan fingerprint density at radius 3 is 2.61 bits per heavy atom. The molecule has 1 aromatic heterocycles. The van der Waals surface area contributed by atoms with Gasteiger partial charge in [-0.1, -0.05) is 23.4 Å². The highest BCUT2D eigenvalue weighted by atomic mass is 32.2. The predicted molar refractivity (Wildman–Crippen MR) is 122 cm³/mol. The average molecular weight is 477 g/mol. The molecule has 178 valence electrons. The molecule has 2 aromatic rings. The summed E-state index contributed by atoms with van der Waals surface area (Å²) in [7, 11) is -1.92. The smallest absolute Gasteiger partial charge is 0.248 e. The lowest BCUT2D eigenvalue weighted by molar-refractivity contribution is -0.138. The van der Waals surface area contributed by atoms with Crippen LogP contribution in [-0.2, 0) is 14.8 Å². The van der Waals surface area contributed by atoms with Crippen LogP contribution >= 0.6 is 0 Å². The van der Waals surface area contributed by atoms with Crippen LogP contribution in [-0.4, -0.2) is 79.9 Å². The molecule has 0 spiro atoms. The second-order valence-electron chi connectivity index (χ2n) is 8.65. The molecule has 0 unspecified atom stereocenters. The Bertz CT molecular complexity index is 1140. The summed E-state index contributed by atoms with van der Waals surface area (Å²) in [5.74, 6) is -0.724. The molecular weight excluding hydrogens is 447 g/mol. The minimum absolute atomic E-state index is 0.0183. The highest BCUT2D eigenvalue weighted by molar-refractivity contribution is 7.89. The van der Waals surface area contributed by atoms with Gasteiger partial charge in [-0.2, -0.15) is 4.31 Å². The first-order valence-electron chi connectivity index (χ1n) is 11.1. The maximum atomic E-state index is 14.0. The number of amides is 1. The molecule has 4 rings (SSSR count). The quantitative estimate of drug-likeness (QED) is 0.659. The Morgan fingerprint density at radius 2 is 1.88 bits per heavy atom. The number of carbonyl (C=O) groups excluding carboxylic acids is 1. The molecule has 1 aromatic carbocycles. The number of carbonyl (C=O) groups is 1. The van der Waals surface area contributed by atoms with Gasteiger partial charge < -0.3 is 14.3 Å². The number of hydrogen-bond acceptors (Lipinski definition) is 6. The number of piperidine rings is 1. The van der Waals surface area contributed by atoms with Crippen molar-refractivity contribution in [3.8, 4) is 0 Å². The summed E-state index contributed by atoms with van der Waals surface area (Å²) in [6, 6.07) is 6.19. The molecule has 1 amide bonds. The van der Waals surface area contributed by atoms with Gasteiger partial charge in [0.2, 0.25) is 15.9 Å². The summed E-state index contributed by atoms with van der Waals surface area (Å²) in [6.45, 7) is 4.98. The van der Waals surface area contributed by atoms with E-state index in [0.29, 0.717) is 38.0 Å².